The number of fused-ring (bicyclic) bond motifs is 2. The lowest BCUT2D eigenvalue weighted by atomic mass is 9.98. The average molecular weight is 245 g/mol. The van der Waals surface area contributed by atoms with Crippen LogP contribution in [0.15, 0.2) is 24.3 Å². The Labute approximate surface area is 110 Å². The molecule has 0 saturated heterocycles. The second kappa shape index (κ2) is 5.31. The molecule has 98 valence electrons. The van der Waals surface area contributed by atoms with E-state index >= 15 is 0 Å². The third-order valence-electron chi connectivity index (χ3n) is 4.46. The van der Waals surface area contributed by atoms with Gasteiger partial charge in [-0.2, -0.15) is 0 Å². The van der Waals surface area contributed by atoms with Gasteiger partial charge in [-0.25, -0.2) is 0 Å². The molecule has 1 N–H and O–H groups in total. The highest BCUT2D eigenvalue weighted by molar-refractivity contribution is 5.27. The van der Waals surface area contributed by atoms with E-state index < -0.39 is 0 Å². The van der Waals surface area contributed by atoms with Crippen molar-refractivity contribution in [3.63, 3.8) is 0 Å². The van der Waals surface area contributed by atoms with Crippen LogP contribution in [0.25, 0.3) is 0 Å². The molecule has 3 rings (SSSR count). The summed E-state index contributed by atoms with van der Waals surface area (Å²) in [7, 11) is 0. The molecule has 3 unspecified atom stereocenters. The van der Waals surface area contributed by atoms with Crippen molar-refractivity contribution in [3.8, 4) is 5.75 Å². The van der Waals surface area contributed by atoms with Gasteiger partial charge >= 0.3 is 0 Å². The predicted octanol–water partition coefficient (Wildman–Crippen LogP) is 3.36. The van der Waals surface area contributed by atoms with Gasteiger partial charge in [0.25, 0.3) is 0 Å². The molecule has 3 atom stereocenters. The van der Waals surface area contributed by atoms with Crippen LogP contribution in [0.1, 0.15) is 38.2 Å². The van der Waals surface area contributed by atoms with E-state index in [2.05, 4.69) is 36.5 Å². The molecule has 2 saturated carbocycles. The summed E-state index contributed by atoms with van der Waals surface area (Å²) in [5.74, 6) is 2.83. The van der Waals surface area contributed by atoms with Crippen LogP contribution < -0.4 is 10.1 Å². The van der Waals surface area contributed by atoms with E-state index in [-0.39, 0.29) is 0 Å². The van der Waals surface area contributed by atoms with Gasteiger partial charge in [-0.3, -0.25) is 0 Å². The Morgan fingerprint density at radius 1 is 1.17 bits per heavy atom. The van der Waals surface area contributed by atoms with Crippen LogP contribution in [0.2, 0.25) is 0 Å². The number of nitrogens with one attached hydrogen (secondary N) is 1. The van der Waals surface area contributed by atoms with Crippen LogP contribution in [0.5, 0.6) is 5.75 Å². The van der Waals surface area contributed by atoms with Gasteiger partial charge in [-0.1, -0.05) is 19.1 Å². The van der Waals surface area contributed by atoms with Crippen molar-refractivity contribution in [2.75, 3.05) is 6.54 Å². The summed E-state index contributed by atoms with van der Waals surface area (Å²) < 4.78 is 6.15. The quantitative estimate of drug-likeness (QED) is 0.859. The van der Waals surface area contributed by atoms with Crippen LogP contribution in [0.4, 0.5) is 0 Å². The lowest BCUT2D eigenvalue weighted by Gasteiger charge is -2.23. The molecule has 1 aromatic rings. The fraction of sp³-hybridized carbons (Fsp3) is 0.625. The van der Waals surface area contributed by atoms with Gasteiger partial charge in [0.15, 0.2) is 0 Å². The summed E-state index contributed by atoms with van der Waals surface area (Å²) in [5, 5.41) is 3.34. The largest absolute Gasteiger partial charge is 0.490 e. The predicted molar refractivity (Wildman–Crippen MR) is 73.7 cm³/mol. The van der Waals surface area contributed by atoms with E-state index in [1.807, 2.05) is 0 Å². The molecule has 0 aromatic heterocycles. The van der Waals surface area contributed by atoms with Crippen LogP contribution in [0, 0.1) is 11.8 Å². The number of hydrogen-bond donors (Lipinski definition) is 1. The molecule has 2 bridgehead atoms. The minimum Gasteiger partial charge on any atom is -0.490 e. The Balaban J connectivity index is 1.56. The van der Waals surface area contributed by atoms with E-state index in [1.165, 1.54) is 31.2 Å². The lowest BCUT2D eigenvalue weighted by Crippen LogP contribution is -2.23. The number of hydrogen-bond acceptors (Lipinski definition) is 2. The third-order valence-corrected chi connectivity index (χ3v) is 4.46. The van der Waals surface area contributed by atoms with Gasteiger partial charge in [0.1, 0.15) is 11.9 Å². The summed E-state index contributed by atoms with van der Waals surface area (Å²) in [5.41, 5.74) is 1.33. The number of rotatable bonds is 5. The monoisotopic (exact) mass is 245 g/mol. The summed E-state index contributed by atoms with van der Waals surface area (Å²) in [4.78, 5) is 0. The minimum absolute atomic E-state index is 0.489. The van der Waals surface area contributed by atoms with Crippen molar-refractivity contribution in [3.05, 3.63) is 29.8 Å². The van der Waals surface area contributed by atoms with Crippen molar-refractivity contribution < 1.29 is 4.74 Å². The topological polar surface area (TPSA) is 21.3 Å². The minimum atomic E-state index is 0.489. The first kappa shape index (κ1) is 12.0. The van der Waals surface area contributed by atoms with Crippen molar-refractivity contribution in [2.24, 2.45) is 11.8 Å². The molecule has 0 spiro atoms. The maximum atomic E-state index is 6.15. The lowest BCUT2D eigenvalue weighted by molar-refractivity contribution is 0.138. The van der Waals surface area contributed by atoms with E-state index in [4.69, 9.17) is 4.74 Å². The second-order valence-electron chi connectivity index (χ2n) is 5.76. The van der Waals surface area contributed by atoms with E-state index in [0.717, 1.165) is 30.7 Å². The first-order valence-corrected chi connectivity index (χ1v) is 7.31. The maximum absolute atomic E-state index is 6.15. The first-order valence-electron chi connectivity index (χ1n) is 7.31. The Bertz CT molecular complexity index is 387. The standard InChI is InChI=1S/C16H23NO/c1-2-17-11-12-4-7-15(8-5-12)18-16-10-13-3-6-14(16)9-13/h4-5,7-8,13-14,16-17H,2-3,6,9-11H2,1H3. The molecule has 2 aliphatic carbocycles. The SMILES string of the molecule is CCNCc1ccc(OC2CC3CCC2C3)cc1. The van der Waals surface area contributed by atoms with Gasteiger partial charge in [-0.15, -0.1) is 0 Å². The van der Waals surface area contributed by atoms with E-state index in [1.54, 1.807) is 0 Å². The molecule has 2 nitrogen and oxygen atoms in total. The Kier molecular flexibility index (Phi) is 3.55. The van der Waals surface area contributed by atoms with Crippen molar-refractivity contribution in [1.82, 2.24) is 5.32 Å². The normalized spacial score (nSPS) is 29.7. The summed E-state index contributed by atoms with van der Waals surface area (Å²) in [6.07, 6.45) is 6.00. The molecule has 0 aliphatic heterocycles. The van der Waals surface area contributed by atoms with Crippen LogP contribution in [-0.2, 0) is 6.54 Å². The molecule has 2 fully saturated rings. The Morgan fingerprint density at radius 3 is 2.61 bits per heavy atom. The molecule has 1 aromatic carbocycles. The van der Waals surface area contributed by atoms with Crippen LogP contribution in [-0.4, -0.2) is 12.6 Å². The summed E-state index contributed by atoms with van der Waals surface area (Å²) >= 11 is 0. The molecule has 18 heavy (non-hydrogen) atoms. The van der Waals surface area contributed by atoms with Crippen molar-refractivity contribution >= 4 is 0 Å². The van der Waals surface area contributed by atoms with Gasteiger partial charge in [0, 0.05) is 6.54 Å². The third kappa shape index (κ3) is 2.54. The van der Waals surface area contributed by atoms with Gasteiger partial charge in [0.2, 0.25) is 0 Å². The maximum Gasteiger partial charge on any atom is 0.119 e. The van der Waals surface area contributed by atoms with E-state index in [0.29, 0.717) is 6.10 Å². The fourth-order valence-corrected chi connectivity index (χ4v) is 3.46. The number of benzene rings is 1. The molecule has 2 aliphatic rings. The molecular weight excluding hydrogens is 222 g/mol. The highest BCUT2D eigenvalue weighted by atomic mass is 16.5. The highest BCUT2D eigenvalue weighted by Crippen LogP contribution is 2.45. The molecule has 0 amide bonds. The van der Waals surface area contributed by atoms with Crippen LogP contribution >= 0.6 is 0 Å². The highest BCUT2D eigenvalue weighted by Gasteiger charge is 2.40. The zero-order valence-electron chi connectivity index (χ0n) is 11.2. The zero-order chi connectivity index (χ0) is 12.4. The van der Waals surface area contributed by atoms with Gasteiger partial charge in [-0.05, 0) is 61.8 Å². The van der Waals surface area contributed by atoms with E-state index in [9.17, 15) is 0 Å². The van der Waals surface area contributed by atoms with Gasteiger partial charge in [0.05, 0.1) is 0 Å². The fourth-order valence-electron chi connectivity index (χ4n) is 3.46. The first-order chi connectivity index (χ1) is 8.85. The molecular formula is C16H23NO. The smallest absolute Gasteiger partial charge is 0.119 e. The second-order valence-corrected chi connectivity index (χ2v) is 5.76. The van der Waals surface area contributed by atoms with Crippen molar-refractivity contribution in [2.45, 2.75) is 45.3 Å². The average Bonchev–Trinajstić information content (AvgIpc) is 3.00. The number of ether oxygens (including phenoxy) is 1. The Morgan fingerprint density at radius 2 is 2.00 bits per heavy atom. The molecule has 0 heterocycles. The molecule has 2 heteroatoms. The molecule has 0 radical (unpaired) electrons. The van der Waals surface area contributed by atoms with Gasteiger partial charge < -0.3 is 10.1 Å². The summed E-state index contributed by atoms with van der Waals surface area (Å²) in [6, 6.07) is 8.59. The Hall–Kier alpha value is -1.02. The summed E-state index contributed by atoms with van der Waals surface area (Å²) in [6.45, 7) is 4.10. The zero-order valence-corrected chi connectivity index (χ0v) is 11.2. The van der Waals surface area contributed by atoms with Crippen LogP contribution in [0.3, 0.4) is 0 Å². The van der Waals surface area contributed by atoms with Crippen molar-refractivity contribution in [1.29, 1.82) is 0 Å².